The van der Waals surface area contributed by atoms with Crippen molar-refractivity contribution in [1.82, 2.24) is 9.55 Å². The van der Waals surface area contributed by atoms with E-state index >= 15 is 0 Å². The van der Waals surface area contributed by atoms with E-state index in [9.17, 15) is 4.79 Å². The first-order valence-electron chi connectivity index (χ1n) is 10.1. The molecule has 0 unspecified atom stereocenters. The third-order valence-corrected chi connectivity index (χ3v) is 6.08. The average molecular weight is 411 g/mol. The molecule has 6 heteroatoms. The van der Waals surface area contributed by atoms with Gasteiger partial charge in [-0.05, 0) is 56.0 Å². The van der Waals surface area contributed by atoms with Crippen LogP contribution in [-0.2, 0) is 11.3 Å². The van der Waals surface area contributed by atoms with Crippen molar-refractivity contribution in [3.8, 4) is 5.75 Å². The molecular formula is C23H26N2O3S. The molecule has 1 atom stereocenters. The predicted octanol–water partition coefficient (Wildman–Crippen LogP) is 4.45. The number of thioether (sulfide) groups is 1. The van der Waals surface area contributed by atoms with Crippen LogP contribution in [0.25, 0.3) is 10.9 Å². The van der Waals surface area contributed by atoms with Crippen LogP contribution in [0.1, 0.15) is 24.8 Å². The number of aryl methyl sites for hydroxylation is 1. The van der Waals surface area contributed by atoms with Crippen LogP contribution in [0.2, 0.25) is 0 Å². The SMILES string of the molecule is Cc1cccc(OCCCSc2nc3ccccc3c(=O)n2C[C@H]2CCCO2)c1. The van der Waals surface area contributed by atoms with Crippen molar-refractivity contribution in [2.24, 2.45) is 0 Å². The number of fused-ring (bicyclic) bond motifs is 1. The second kappa shape index (κ2) is 9.46. The molecule has 1 aliphatic rings. The summed E-state index contributed by atoms with van der Waals surface area (Å²) < 4.78 is 13.4. The second-order valence-electron chi connectivity index (χ2n) is 7.33. The normalized spacial score (nSPS) is 16.4. The minimum absolute atomic E-state index is 0.0182. The highest BCUT2D eigenvalue weighted by atomic mass is 32.2. The summed E-state index contributed by atoms with van der Waals surface area (Å²) in [5.74, 6) is 1.73. The highest BCUT2D eigenvalue weighted by Crippen LogP contribution is 2.22. The summed E-state index contributed by atoms with van der Waals surface area (Å²) >= 11 is 1.61. The maximum absolute atomic E-state index is 13.1. The van der Waals surface area contributed by atoms with E-state index in [1.807, 2.05) is 42.5 Å². The van der Waals surface area contributed by atoms with Gasteiger partial charge in [-0.15, -0.1) is 0 Å². The number of para-hydroxylation sites is 1. The van der Waals surface area contributed by atoms with Gasteiger partial charge in [0, 0.05) is 12.4 Å². The lowest BCUT2D eigenvalue weighted by Crippen LogP contribution is -2.28. The molecule has 3 aromatic rings. The molecule has 29 heavy (non-hydrogen) atoms. The lowest BCUT2D eigenvalue weighted by molar-refractivity contribution is 0.0937. The summed E-state index contributed by atoms with van der Waals surface area (Å²) in [6.45, 7) is 4.04. The van der Waals surface area contributed by atoms with E-state index in [1.54, 1.807) is 16.3 Å². The monoisotopic (exact) mass is 410 g/mol. The fourth-order valence-electron chi connectivity index (χ4n) is 3.53. The van der Waals surface area contributed by atoms with Gasteiger partial charge in [-0.3, -0.25) is 9.36 Å². The van der Waals surface area contributed by atoms with Gasteiger partial charge in [0.15, 0.2) is 5.16 Å². The Bertz CT molecular complexity index is 1030. The maximum Gasteiger partial charge on any atom is 0.262 e. The van der Waals surface area contributed by atoms with E-state index in [1.165, 1.54) is 5.56 Å². The molecule has 1 fully saturated rings. The first-order chi connectivity index (χ1) is 14.2. The highest BCUT2D eigenvalue weighted by Gasteiger charge is 2.20. The molecular weight excluding hydrogens is 384 g/mol. The van der Waals surface area contributed by atoms with Gasteiger partial charge in [0.25, 0.3) is 5.56 Å². The van der Waals surface area contributed by atoms with Gasteiger partial charge in [-0.1, -0.05) is 36.0 Å². The number of hydrogen-bond donors (Lipinski definition) is 0. The summed E-state index contributed by atoms with van der Waals surface area (Å²) in [6.07, 6.45) is 3.02. The molecule has 152 valence electrons. The van der Waals surface area contributed by atoms with Crippen molar-refractivity contribution in [3.05, 3.63) is 64.4 Å². The lowest BCUT2D eigenvalue weighted by Gasteiger charge is -2.16. The van der Waals surface area contributed by atoms with Crippen LogP contribution in [0.3, 0.4) is 0 Å². The molecule has 2 heterocycles. The molecule has 2 aromatic carbocycles. The fourth-order valence-corrected chi connectivity index (χ4v) is 4.45. The zero-order valence-corrected chi connectivity index (χ0v) is 17.5. The Morgan fingerprint density at radius 2 is 2.14 bits per heavy atom. The Morgan fingerprint density at radius 1 is 1.24 bits per heavy atom. The third kappa shape index (κ3) is 5.00. The van der Waals surface area contributed by atoms with Crippen LogP contribution in [0.15, 0.2) is 58.5 Å². The average Bonchev–Trinajstić information content (AvgIpc) is 3.24. The zero-order valence-electron chi connectivity index (χ0n) is 16.7. The summed E-state index contributed by atoms with van der Waals surface area (Å²) in [4.78, 5) is 17.8. The second-order valence-corrected chi connectivity index (χ2v) is 8.39. The van der Waals surface area contributed by atoms with E-state index in [-0.39, 0.29) is 11.7 Å². The molecule has 0 saturated carbocycles. The molecule has 4 rings (SSSR count). The molecule has 0 aliphatic carbocycles. The van der Waals surface area contributed by atoms with Crippen LogP contribution in [0.4, 0.5) is 0 Å². The first kappa shape index (κ1) is 20.0. The Balaban J connectivity index is 1.44. The standard InChI is InChI=1S/C23H26N2O3S/c1-17-7-4-8-18(15-17)27-13-6-14-29-23-24-21-11-3-2-10-20(21)22(26)25(23)16-19-9-5-12-28-19/h2-4,7-8,10-11,15,19H,5-6,9,12-14,16H2,1H3/t19-/m1/s1. The van der Waals surface area contributed by atoms with Crippen molar-refractivity contribution >= 4 is 22.7 Å². The number of rotatable bonds is 8. The molecule has 1 saturated heterocycles. The maximum atomic E-state index is 13.1. The predicted molar refractivity (Wildman–Crippen MR) is 117 cm³/mol. The van der Waals surface area contributed by atoms with Gasteiger partial charge in [0.05, 0.1) is 30.2 Å². The Kier molecular flexibility index (Phi) is 6.52. The number of benzene rings is 2. The van der Waals surface area contributed by atoms with Gasteiger partial charge in [0.1, 0.15) is 5.75 Å². The van der Waals surface area contributed by atoms with Crippen molar-refractivity contribution in [1.29, 1.82) is 0 Å². The van der Waals surface area contributed by atoms with Gasteiger partial charge < -0.3 is 9.47 Å². The number of ether oxygens (including phenoxy) is 2. The Hall–Kier alpha value is -2.31. The van der Waals surface area contributed by atoms with Crippen LogP contribution in [-0.4, -0.2) is 34.6 Å². The minimum atomic E-state index is 0.0182. The number of hydrogen-bond acceptors (Lipinski definition) is 5. The van der Waals surface area contributed by atoms with E-state index in [2.05, 4.69) is 13.0 Å². The van der Waals surface area contributed by atoms with Gasteiger partial charge in [0.2, 0.25) is 0 Å². The molecule has 1 aliphatic heterocycles. The molecule has 0 N–H and O–H groups in total. The zero-order chi connectivity index (χ0) is 20.1. The lowest BCUT2D eigenvalue weighted by atomic mass is 10.2. The minimum Gasteiger partial charge on any atom is -0.494 e. The highest BCUT2D eigenvalue weighted by molar-refractivity contribution is 7.99. The summed E-state index contributed by atoms with van der Waals surface area (Å²) in [5.41, 5.74) is 1.96. The molecule has 0 radical (unpaired) electrons. The molecule has 1 aromatic heterocycles. The van der Waals surface area contributed by atoms with E-state index in [4.69, 9.17) is 14.5 Å². The summed E-state index contributed by atoms with van der Waals surface area (Å²) in [7, 11) is 0. The van der Waals surface area contributed by atoms with Crippen LogP contribution < -0.4 is 10.3 Å². The largest absolute Gasteiger partial charge is 0.494 e. The topological polar surface area (TPSA) is 53.3 Å². The van der Waals surface area contributed by atoms with Crippen molar-refractivity contribution < 1.29 is 9.47 Å². The molecule has 0 spiro atoms. The Labute approximate surface area is 175 Å². The Morgan fingerprint density at radius 3 is 2.97 bits per heavy atom. The van der Waals surface area contributed by atoms with Crippen molar-refractivity contribution in [2.45, 2.75) is 44.0 Å². The van der Waals surface area contributed by atoms with Crippen molar-refractivity contribution in [2.75, 3.05) is 19.0 Å². The van der Waals surface area contributed by atoms with Gasteiger partial charge in [-0.25, -0.2) is 4.98 Å². The summed E-state index contributed by atoms with van der Waals surface area (Å²) in [6, 6.07) is 15.6. The van der Waals surface area contributed by atoms with E-state index in [0.29, 0.717) is 18.5 Å². The van der Waals surface area contributed by atoms with Crippen LogP contribution >= 0.6 is 11.8 Å². The molecule has 0 amide bonds. The van der Waals surface area contributed by atoms with Crippen molar-refractivity contribution in [3.63, 3.8) is 0 Å². The molecule has 0 bridgehead atoms. The first-order valence-corrected chi connectivity index (χ1v) is 11.1. The smallest absolute Gasteiger partial charge is 0.262 e. The fraction of sp³-hybridized carbons (Fsp3) is 0.391. The van der Waals surface area contributed by atoms with Gasteiger partial charge >= 0.3 is 0 Å². The number of aromatic nitrogens is 2. The van der Waals surface area contributed by atoms with Gasteiger partial charge in [-0.2, -0.15) is 0 Å². The van der Waals surface area contributed by atoms with E-state index < -0.39 is 0 Å². The van der Waals surface area contributed by atoms with Crippen LogP contribution in [0, 0.1) is 6.92 Å². The number of nitrogens with zero attached hydrogens (tertiary/aromatic N) is 2. The van der Waals surface area contributed by atoms with Crippen LogP contribution in [0.5, 0.6) is 5.75 Å². The molecule has 5 nitrogen and oxygen atoms in total. The summed E-state index contributed by atoms with van der Waals surface area (Å²) in [5, 5.41) is 1.43. The van der Waals surface area contributed by atoms with E-state index in [0.717, 1.165) is 48.0 Å². The quantitative estimate of drug-likeness (QED) is 0.312. The third-order valence-electron chi connectivity index (χ3n) is 5.01.